The molecule has 0 unspecified atom stereocenters. The third-order valence-corrected chi connectivity index (χ3v) is 26.9. The zero-order chi connectivity index (χ0) is 90.5. The summed E-state index contributed by atoms with van der Waals surface area (Å²) in [5.74, 6) is 0. The molecule has 0 N–H and O–H groups in total. The van der Waals surface area contributed by atoms with E-state index < -0.39 is 36.3 Å². The van der Waals surface area contributed by atoms with Gasteiger partial charge in [0.05, 0.1) is 55.5 Å². The Labute approximate surface area is 730 Å². The predicted octanol–water partition coefficient (Wildman–Crippen LogP) is 29.5. The van der Waals surface area contributed by atoms with E-state index in [1.54, 1.807) is 0 Å². The highest BCUT2D eigenvalue weighted by Gasteiger charge is 2.54. The van der Waals surface area contributed by atoms with Gasteiger partial charge in [0.2, 0.25) is 0 Å². The molecule has 2 aromatic heterocycles. The van der Waals surface area contributed by atoms with Gasteiger partial charge in [0.1, 0.15) is 0 Å². The summed E-state index contributed by atoms with van der Waals surface area (Å²) in [7, 11) is 0. The molecule has 2 aliphatic heterocycles. The summed E-state index contributed by atoms with van der Waals surface area (Å²) in [5, 5.41) is 4.67. The number of para-hydroxylation sites is 1. The minimum Gasteiger partial charge on any atom is -0.311 e. The van der Waals surface area contributed by atoms with Crippen LogP contribution in [0.25, 0.3) is 122 Å². The number of anilines is 6. The van der Waals surface area contributed by atoms with E-state index in [1.807, 2.05) is 24.3 Å². The summed E-state index contributed by atoms with van der Waals surface area (Å²) in [4.78, 5) is 5.22. The second kappa shape index (κ2) is 26.9. The standard InChI is InChI=1S/C117H101BN4/c1-112(2,3)76-52-60-100(92(64-76)74-37-23-18-24-38-74)121-106-69-81(119-101-61-53-77(113(4,5)6)65-93(101)94-66-78(114(7,8)9)54-62-102(94)119)55-58-98(106)118-99-63-75(83-42-31-45-91-88-41-27-30-48-97(88)117(109(83)91)95-46-28-25-39-86(95)87-40-26-29-47-96(87)117)49-59-103(99)122(111-84(72-33-19-16-20-34-72)43-32-44-85(111)73-35-21-17-22-36-73)108-71-82(70-107(121)110(108)118)120-104-67-79(115(10,11)12)50-56-89(104)90-57-51-80(68-105(90)120)116(13,14)15/h16-71H,1-15H3/i25D,26D,28D,29D,39D,40D,46D,47D. The molecule has 0 radical (unpaired) electrons. The van der Waals surface area contributed by atoms with Crippen molar-refractivity contribution in [3.63, 3.8) is 0 Å². The first-order chi connectivity index (χ1) is 62.0. The van der Waals surface area contributed by atoms with Crippen LogP contribution in [0.15, 0.2) is 340 Å². The molecule has 16 aromatic carbocycles. The maximum atomic E-state index is 10.4. The van der Waals surface area contributed by atoms with Crippen molar-refractivity contribution in [3.8, 4) is 78.1 Å². The molecule has 0 amide bonds. The van der Waals surface area contributed by atoms with Crippen LogP contribution in [0.4, 0.5) is 34.1 Å². The third kappa shape index (κ3) is 11.3. The van der Waals surface area contributed by atoms with Crippen molar-refractivity contribution >= 4 is 101 Å². The molecular formula is C117H101BN4. The molecule has 4 aliphatic rings. The van der Waals surface area contributed by atoms with Gasteiger partial charge < -0.3 is 18.9 Å². The van der Waals surface area contributed by atoms with Crippen LogP contribution in [0.5, 0.6) is 0 Å². The van der Waals surface area contributed by atoms with Crippen molar-refractivity contribution in [1.82, 2.24) is 9.13 Å². The molecule has 592 valence electrons. The topological polar surface area (TPSA) is 16.3 Å². The molecule has 22 rings (SSSR count). The maximum Gasteiger partial charge on any atom is 0.252 e. The fourth-order valence-electron chi connectivity index (χ4n) is 20.7. The lowest BCUT2D eigenvalue weighted by Gasteiger charge is -2.46. The lowest BCUT2D eigenvalue weighted by Crippen LogP contribution is -2.61. The first-order valence-electron chi connectivity index (χ1n) is 47.2. The van der Waals surface area contributed by atoms with Crippen LogP contribution in [0, 0.1) is 0 Å². The van der Waals surface area contributed by atoms with Crippen molar-refractivity contribution in [3.05, 3.63) is 390 Å². The van der Waals surface area contributed by atoms with E-state index >= 15 is 0 Å². The first-order valence-corrected chi connectivity index (χ1v) is 43.2. The summed E-state index contributed by atoms with van der Waals surface area (Å²) in [6.45, 7) is 34.0. The Bertz CT molecular complexity index is 7650. The van der Waals surface area contributed by atoms with Crippen LogP contribution in [0.3, 0.4) is 0 Å². The first kappa shape index (κ1) is 66.6. The van der Waals surface area contributed by atoms with Gasteiger partial charge in [-0.15, -0.1) is 0 Å². The van der Waals surface area contributed by atoms with Crippen molar-refractivity contribution in [2.24, 2.45) is 0 Å². The molecular weight excluding hydrogens is 1470 g/mol. The van der Waals surface area contributed by atoms with Crippen LogP contribution in [-0.2, 0) is 32.5 Å². The van der Waals surface area contributed by atoms with Crippen molar-refractivity contribution in [2.75, 3.05) is 9.80 Å². The number of nitrogens with zero attached hydrogens (tertiary/aromatic N) is 4. The number of benzene rings is 16. The van der Waals surface area contributed by atoms with Crippen molar-refractivity contribution < 1.29 is 11.0 Å². The number of fused-ring (bicyclic) bond motifs is 20. The minimum atomic E-state index is -1.70. The largest absolute Gasteiger partial charge is 0.311 e. The molecule has 0 bridgehead atoms. The van der Waals surface area contributed by atoms with Gasteiger partial charge in [0.15, 0.2) is 0 Å². The zero-order valence-corrected chi connectivity index (χ0v) is 72.1. The smallest absolute Gasteiger partial charge is 0.252 e. The fraction of sp³-hybridized carbons (Fsp3) is 0.179. The Morgan fingerprint density at radius 1 is 0.262 bits per heavy atom. The Balaban J connectivity index is 0.937. The number of aromatic nitrogens is 2. The normalized spacial score (nSPS) is 14.8. The van der Waals surface area contributed by atoms with Crippen LogP contribution in [-0.4, -0.2) is 15.8 Å². The third-order valence-electron chi connectivity index (χ3n) is 26.9. The highest BCUT2D eigenvalue weighted by molar-refractivity contribution is 7.00. The van der Waals surface area contributed by atoms with Gasteiger partial charge in [-0.25, -0.2) is 0 Å². The average molecular weight is 1580 g/mol. The maximum absolute atomic E-state index is 10.4. The van der Waals surface area contributed by atoms with E-state index in [0.29, 0.717) is 11.1 Å². The summed E-state index contributed by atoms with van der Waals surface area (Å²) in [5.41, 5.74) is 30.0. The lowest BCUT2D eigenvalue weighted by molar-refractivity contribution is 0.590. The summed E-state index contributed by atoms with van der Waals surface area (Å²) >= 11 is 0. The van der Waals surface area contributed by atoms with Gasteiger partial charge >= 0.3 is 0 Å². The monoisotopic (exact) mass is 1580 g/mol. The van der Waals surface area contributed by atoms with Crippen LogP contribution >= 0.6 is 0 Å². The Morgan fingerprint density at radius 3 is 1.25 bits per heavy atom. The zero-order valence-electron chi connectivity index (χ0n) is 80.1. The van der Waals surface area contributed by atoms with Crippen molar-refractivity contribution in [2.45, 2.75) is 136 Å². The summed E-state index contributed by atoms with van der Waals surface area (Å²) in [6.07, 6.45) is 0. The number of rotatable bonds is 8. The highest BCUT2D eigenvalue weighted by Crippen LogP contribution is 2.65. The van der Waals surface area contributed by atoms with E-state index in [9.17, 15) is 11.0 Å². The number of hydrogen-bond donors (Lipinski definition) is 0. The Kier molecular flexibility index (Phi) is 14.7. The molecule has 0 saturated heterocycles. The molecule has 122 heavy (non-hydrogen) atoms. The van der Waals surface area contributed by atoms with Gasteiger partial charge in [-0.3, -0.25) is 0 Å². The van der Waals surface area contributed by atoms with Gasteiger partial charge in [-0.2, -0.15) is 0 Å². The van der Waals surface area contributed by atoms with Gasteiger partial charge in [-0.05, 0) is 222 Å². The molecule has 1 spiro atoms. The quantitative estimate of drug-likeness (QED) is 0.141. The molecule has 0 fully saturated rings. The predicted molar refractivity (Wildman–Crippen MR) is 521 cm³/mol. The van der Waals surface area contributed by atoms with E-state index in [4.69, 9.17) is 0 Å². The van der Waals surface area contributed by atoms with Gasteiger partial charge in [-0.1, -0.05) is 365 Å². The van der Waals surface area contributed by atoms with Gasteiger partial charge in [0, 0.05) is 66.7 Å². The van der Waals surface area contributed by atoms with E-state index in [0.717, 1.165) is 150 Å². The van der Waals surface area contributed by atoms with E-state index in [-0.39, 0.29) is 73.5 Å². The highest BCUT2D eigenvalue weighted by atomic mass is 15.2. The lowest BCUT2D eigenvalue weighted by atomic mass is 9.33. The Morgan fingerprint density at radius 2 is 0.697 bits per heavy atom. The fourth-order valence-corrected chi connectivity index (χ4v) is 20.7. The molecule has 4 nitrogen and oxygen atoms in total. The van der Waals surface area contributed by atoms with Crippen LogP contribution in [0.2, 0.25) is 0 Å². The summed E-state index contributed by atoms with van der Waals surface area (Å²) < 4.78 is 83.8. The second-order valence-corrected chi connectivity index (χ2v) is 39.4. The molecule has 18 aromatic rings. The molecule has 5 heteroatoms. The average Bonchev–Trinajstić information content (AvgIpc) is 1.47. The summed E-state index contributed by atoms with van der Waals surface area (Å²) in [6, 6.07) is 105. The molecule has 0 saturated carbocycles. The van der Waals surface area contributed by atoms with E-state index in [2.05, 4.69) is 390 Å². The number of hydrogen-bond acceptors (Lipinski definition) is 2. The van der Waals surface area contributed by atoms with Crippen LogP contribution in [0.1, 0.15) is 165 Å². The van der Waals surface area contributed by atoms with Gasteiger partial charge in [0.25, 0.3) is 6.71 Å². The van der Waals surface area contributed by atoms with E-state index in [1.165, 1.54) is 38.6 Å². The van der Waals surface area contributed by atoms with Crippen molar-refractivity contribution in [1.29, 1.82) is 0 Å². The second-order valence-electron chi connectivity index (χ2n) is 39.4. The Hall–Kier alpha value is -13.2. The molecule has 0 atom stereocenters. The SMILES string of the molecule is [2H]c1c([2H])c([2H])c2c(c1[2H])-c1c([2H])c([2H])c([2H])c([2H])c1C21c2ccccc2-c2cccc(-c3ccc4c(c3)B3c5ccc(-n6c7ccc(C(C)(C)C)cc7c7cc(C(C)(C)C)ccc76)cc5N(c5ccc(C(C)(C)C)cc5-c5ccccc5)c5cc(-n6c7cc(C(C)(C)C)ccc7c7ccc(C(C)(C)C)cc76)cc(c53)N4c3c(-c4ccccc4)cccc3-c3ccccc3)c21. The molecule has 4 heterocycles. The van der Waals surface area contributed by atoms with Crippen LogP contribution < -0.4 is 26.2 Å². The minimum absolute atomic E-state index is 0.0722. The molecule has 2 aliphatic carbocycles.